The van der Waals surface area contributed by atoms with E-state index < -0.39 is 5.97 Å². The molecular weight excluding hydrogens is 240 g/mol. The van der Waals surface area contributed by atoms with Gasteiger partial charge < -0.3 is 10.4 Å². The van der Waals surface area contributed by atoms with Crippen molar-refractivity contribution in [3.05, 3.63) is 22.8 Å². The number of pyridine rings is 1. The van der Waals surface area contributed by atoms with E-state index in [1.807, 2.05) is 0 Å². The maximum absolute atomic E-state index is 10.9. The van der Waals surface area contributed by atoms with Crippen LogP contribution >= 0.6 is 11.6 Å². The van der Waals surface area contributed by atoms with E-state index >= 15 is 0 Å². The minimum atomic E-state index is -1.04. The molecular formula is C12H17ClN2O2. The molecule has 94 valence electrons. The van der Waals surface area contributed by atoms with Crippen molar-refractivity contribution in [2.45, 2.75) is 33.2 Å². The minimum Gasteiger partial charge on any atom is -0.478 e. The molecule has 0 aliphatic rings. The third-order valence-electron chi connectivity index (χ3n) is 2.66. The summed E-state index contributed by atoms with van der Waals surface area (Å²) in [6.07, 6.45) is 2.31. The molecule has 0 bridgehead atoms. The van der Waals surface area contributed by atoms with E-state index in [2.05, 4.69) is 31.1 Å². The van der Waals surface area contributed by atoms with Crippen molar-refractivity contribution in [2.75, 3.05) is 5.32 Å². The third kappa shape index (κ3) is 3.60. The maximum atomic E-state index is 10.9. The number of hydrogen-bond donors (Lipinski definition) is 2. The molecule has 0 fully saturated rings. The summed E-state index contributed by atoms with van der Waals surface area (Å²) in [5.74, 6) is -0.0452. The van der Waals surface area contributed by atoms with E-state index in [0.29, 0.717) is 11.7 Å². The Labute approximate surface area is 106 Å². The summed E-state index contributed by atoms with van der Waals surface area (Å²) in [6, 6.07) is 1.74. The molecule has 0 aliphatic heterocycles. The molecule has 1 aromatic heterocycles. The Morgan fingerprint density at radius 1 is 1.59 bits per heavy atom. The molecule has 17 heavy (non-hydrogen) atoms. The second kappa shape index (κ2) is 5.87. The molecule has 0 saturated heterocycles. The van der Waals surface area contributed by atoms with Gasteiger partial charge in [-0.3, -0.25) is 0 Å². The molecule has 0 aromatic carbocycles. The molecule has 1 atom stereocenters. The van der Waals surface area contributed by atoms with Crippen molar-refractivity contribution in [3.63, 3.8) is 0 Å². The molecule has 0 radical (unpaired) electrons. The minimum absolute atomic E-state index is 0.0720. The van der Waals surface area contributed by atoms with Gasteiger partial charge in [-0.15, -0.1) is 0 Å². The number of aromatic carboxylic acids is 1. The predicted molar refractivity (Wildman–Crippen MR) is 68.7 cm³/mol. The zero-order valence-electron chi connectivity index (χ0n) is 10.2. The lowest BCUT2D eigenvalue weighted by Gasteiger charge is -2.21. The van der Waals surface area contributed by atoms with Gasteiger partial charge in [0.05, 0.1) is 10.6 Å². The largest absolute Gasteiger partial charge is 0.478 e. The van der Waals surface area contributed by atoms with Crippen LogP contribution in [0.2, 0.25) is 5.02 Å². The Kier molecular flexibility index (Phi) is 4.75. The predicted octanol–water partition coefficient (Wildman–Crippen LogP) is 3.28. The van der Waals surface area contributed by atoms with Gasteiger partial charge in [0.1, 0.15) is 5.82 Å². The van der Waals surface area contributed by atoms with Crippen LogP contribution in [-0.2, 0) is 0 Å². The number of carbonyl (C=O) groups is 1. The first kappa shape index (κ1) is 13.8. The van der Waals surface area contributed by atoms with Crippen LogP contribution in [0.1, 0.15) is 37.6 Å². The second-order valence-corrected chi connectivity index (χ2v) is 4.66. The summed E-state index contributed by atoms with van der Waals surface area (Å²) < 4.78 is 0. The number of rotatable bonds is 5. The fraction of sp³-hybridized carbons (Fsp3) is 0.500. The van der Waals surface area contributed by atoms with Crippen LogP contribution in [0, 0.1) is 5.92 Å². The highest BCUT2D eigenvalue weighted by molar-refractivity contribution is 6.33. The molecule has 1 unspecified atom stereocenters. The van der Waals surface area contributed by atoms with Gasteiger partial charge in [-0.1, -0.05) is 32.4 Å². The Hall–Kier alpha value is -1.29. The smallest absolute Gasteiger partial charge is 0.337 e. The topological polar surface area (TPSA) is 62.2 Å². The standard InChI is InChI=1S/C12H17ClN2O2/c1-4-10(7(2)3)15-11-5-8(12(16)17)9(13)6-14-11/h5-7,10H,4H2,1-3H3,(H,14,15)(H,16,17). The number of anilines is 1. The first-order valence-corrected chi connectivity index (χ1v) is 5.98. The van der Waals surface area contributed by atoms with E-state index in [0.717, 1.165) is 6.42 Å². The van der Waals surface area contributed by atoms with Gasteiger partial charge in [-0.2, -0.15) is 0 Å². The molecule has 1 aromatic rings. The fourth-order valence-corrected chi connectivity index (χ4v) is 1.80. The zero-order valence-corrected chi connectivity index (χ0v) is 11.0. The molecule has 0 saturated carbocycles. The van der Waals surface area contributed by atoms with Crippen LogP contribution in [0.25, 0.3) is 0 Å². The van der Waals surface area contributed by atoms with Crippen LogP contribution in [0.4, 0.5) is 5.82 Å². The van der Waals surface area contributed by atoms with Crippen LogP contribution in [0.3, 0.4) is 0 Å². The fourth-order valence-electron chi connectivity index (χ4n) is 1.61. The Morgan fingerprint density at radius 2 is 2.24 bits per heavy atom. The molecule has 0 spiro atoms. The number of carboxylic acid groups (broad SMARTS) is 1. The van der Waals surface area contributed by atoms with Crippen molar-refractivity contribution < 1.29 is 9.90 Å². The molecule has 2 N–H and O–H groups in total. The highest BCUT2D eigenvalue weighted by Crippen LogP contribution is 2.20. The van der Waals surface area contributed by atoms with Crippen molar-refractivity contribution in [1.29, 1.82) is 0 Å². The molecule has 1 heterocycles. The number of hydrogen-bond acceptors (Lipinski definition) is 3. The average Bonchev–Trinajstić information content (AvgIpc) is 2.27. The van der Waals surface area contributed by atoms with E-state index in [4.69, 9.17) is 16.7 Å². The summed E-state index contributed by atoms with van der Waals surface area (Å²) in [5, 5.41) is 12.3. The van der Waals surface area contributed by atoms with Crippen molar-refractivity contribution in [3.8, 4) is 0 Å². The molecule has 5 heteroatoms. The van der Waals surface area contributed by atoms with Gasteiger partial charge in [0.15, 0.2) is 0 Å². The van der Waals surface area contributed by atoms with Gasteiger partial charge in [0, 0.05) is 12.2 Å². The zero-order chi connectivity index (χ0) is 13.0. The number of carboxylic acids is 1. The lowest BCUT2D eigenvalue weighted by molar-refractivity contribution is 0.0697. The van der Waals surface area contributed by atoms with Crippen LogP contribution in [0.5, 0.6) is 0 Å². The van der Waals surface area contributed by atoms with Crippen LogP contribution < -0.4 is 5.32 Å². The monoisotopic (exact) mass is 256 g/mol. The van der Waals surface area contributed by atoms with Gasteiger partial charge in [-0.25, -0.2) is 9.78 Å². The number of halogens is 1. The molecule has 4 nitrogen and oxygen atoms in total. The lowest BCUT2D eigenvalue weighted by atomic mass is 10.0. The highest BCUT2D eigenvalue weighted by atomic mass is 35.5. The molecule has 0 aliphatic carbocycles. The SMILES string of the molecule is CCC(Nc1cc(C(=O)O)c(Cl)cn1)C(C)C. The number of nitrogens with zero attached hydrogens (tertiary/aromatic N) is 1. The highest BCUT2D eigenvalue weighted by Gasteiger charge is 2.14. The van der Waals surface area contributed by atoms with Gasteiger partial charge in [-0.05, 0) is 18.4 Å². The van der Waals surface area contributed by atoms with Crippen molar-refractivity contribution in [2.24, 2.45) is 5.92 Å². The molecule has 1 rings (SSSR count). The van der Waals surface area contributed by atoms with Crippen molar-refractivity contribution in [1.82, 2.24) is 4.98 Å². The number of aromatic nitrogens is 1. The Bertz CT molecular complexity index is 407. The van der Waals surface area contributed by atoms with E-state index in [1.54, 1.807) is 0 Å². The Balaban J connectivity index is 2.92. The molecule has 0 amide bonds. The summed E-state index contributed by atoms with van der Waals surface area (Å²) >= 11 is 5.75. The quantitative estimate of drug-likeness (QED) is 0.849. The average molecular weight is 257 g/mol. The lowest BCUT2D eigenvalue weighted by Crippen LogP contribution is -2.25. The summed E-state index contributed by atoms with van der Waals surface area (Å²) in [5.41, 5.74) is 0.0720. The van der Waals surface area contributed by atoms with Crippen LogP contribution in [0.15, 0.2) is 12.3 Å². The van der Waals surface area contributed by atoms with Gasteiger partial charge in [0.25, 0.3) is 0 Å². The summed E-state index contributed by atoms with van der Waals surface area (Å²) in [7, 11) is 0. The van der Waals surface area contributed by atoms with E-state index in [1.165, 1.54) is 12.3 Å². The second-order valence-electron chi connectivity index (χ2n) is 4.26. The first-order valence-electron chi connectivity index (χ1n) is 5.61. The normalized spacial score (nSPS) is 12.5. The summed E-state index contributed by atoms with van der Waals surface area (Å²) in [6.45, 7) is 6.29. The van der Waals surface area contributed by atoms with Crippen LogP contribution in [-0.4, -0.2) is 22.1 Å². The third-order valence-corrected chi connectivity index (χ3v) is 2.96. The van der Waals surface area contributed by atoms with Crippen molar-refractivity contribution >= 4 is 23.4 Å². The Morgan fingerprint density at radius 3 is 2.71 bits per heavy atom. The van der Waals surface area contributed by atoms with Gasteiger partial charge >= 0.3 is 5.97 Å². The summed E-state index contributed by atoms with van der Waals surface area (Å²) in [4.78, 5) is 15.0. The van der Waals surface area contributed by atoms with E-state index in [-0.39, 0.29) is 16.6 Å². The maximum Gasteiger partial charge on any atom is 0.337 e. The van der Waals surface area contributed by atoms with E-state index in [9.17, 15) is 4.79 Å². The van der Waals surface area contributed by atoms with Gasteiger partial charge in [0.2, 0.25) is 0 Å². The first-order chi connectivity index (χ1) is 7.95. The number of nitrogens with one attached hydrogen (secondary N) is 1.